The van der Waals surface area contributed by atoms with E-state index in [9.17, 15) is 4.79 Å². The van der Waals surface area contributed by atoms with Gasteiger partial charge in [-0.25, -0.2) is 4.79 Å². The molecule has 1 aliphatic rings. The highest BCUT2D eigenvalue weighted by molar-refractivity contribution is 5.30. The molecule has 0 atom stereocenters. The number of rotatable bonds is 0. The Hall–Kier alpha value is -1.84. The molecule has 0 fully saturated rings. The van der Waals surface area contributed by atoms with Gasteiger partial charge in [0.15, 0.2) is 0 Å². The summed E-state index contributed by atoms with van der Waals surface area (Å²) >= 11 is 0. The van der Waals surface area contributed by atoms with E-state index in [0.29, 0.717) is 18.7 Å². The Balaban J connectivity index is 2.19. The van der Waals surface area contributed by atoms with Crippen molar-refractivity contribution in [2.24, 2.45) is 0 Å². The van der Waals surface area contributed by atoms with E-state index in [0.717, 1.165) is 0 Å². The molecule has 14 heavy (non-hydrogen) atoms. The summed E-state index contributed by atoms with van der Waals surface area (Å²) in [6.45, 7) is 0.692. The molecule has 1 aliphatic heterocycles. The van der Waals surface area contributed by atoms with Crippen molar-refractivity contribution < 1.29 is 9.20 Å². The summed E-state index contributed by atoms with van der Waals surface area (Å²) in [7, 11) is 0. The summed E-state index contributed by atoms with van der Waals surface area (Å²) in [5, 5.41) is 2.60. The van der Waals surface area contributed by atoms with Crippen molar-refractivity contribution in [1.82, 2.24) is 5.27 Å². The molecule has 2 aromatic rings. The summed E-state index contributed by atoms with van der Waals surface area (Å²) in [5.74, 6) is 0. The molecule has 0 aliphatic carbocycles. The molecular formula is C10H9N2O2+. The number of hydrogen-bond donors (Lipinski definition) is 1. The summed E-state index contributed by atoms with van der Waals surface area (Å²) in [6.07, 6.45) is 0.655. The lowest BCUT2D eigenvalue weighted by Crippen LogP contribution is -2.44. The molecule has 0 bridgehead atoms. The molecular weight excluding hydrogens is 180 g/mol. The highest BCUT2D eigenvalue weighted by atomic mass is 16.5. The van der Waals surface area contributed by atoms with E-state index in [1.807, 2.05) is 18.2 Å². The van der Waals surface area contributed by atoms with Gasteiger partial charge in [0.1, 0.15) is 0 Å². The number of hydrogen-bond acceptors (Lipinski definition) is 2. The average Bonchev–Trinajstić information content (AvgIpc) is 2.57. The van der Waals surface area contributed by atoms with Crippen molar-refractivity contribution in [2.75, 3.05) is 0 Å². The molecule has 1 aromatic carbocycles. The molecule has 1 aromatic heterocycles. The fraction of sp³-hybridized carbons (Fsp3) is 0.200. The van der Waals surface area contributed by atoms with E-state index in [-0.39, 0.29) is 5.63 Å². The van der Waals surface area contributed by atoms with Crippen LogP contribution in [0.15, 0.2) is 33.6 Å². The highest BCUT2D eigenvalue weighted by Crippen LogP contribution is 2.14. The minimum absolute atomic E-state index is 0.264. The lowest BCUT2D eigenvalue weighted by atomic mass is 10.0. The fourth-order valence-electron chi connectivity index (χ4n) is 1.85. The molecule has 4 heteroatoms. The molecule has 70 valence electrons. The smallest absolute Gasteiger partial charge is 0.283 e. The van der Waals surface area contributed by atoms with Crippen molar-refractivity contribution >= 4 is 0 Å². The van der Waals surface area contributed by atoms with Crippen molar-refractivity contribution in [1.29, 1.82) is 0 Å². The van der Waals surface area contributed by atoms with Gasteiger partial charge < -0.3 is 0 Å². The maximum Gasteiger partial charge on any atom is 0.430 e. The Kier molecular flexibility index (Phi) is 1.39. The van der Waals surface area contributed by atoms with E-state index in [4.69, 9.17) is 4.52 Å². The first-order chi connectivity index (χ1) is 6.84. The zero-order chi connectivity index (χ0) is 9.54. The number of benzene rings is 1. The maximum atomic E-state index is 11.3. The van der Waals surface area contributed by atoms with Crippen molar-refractivity contribution in [2.45, 2.75) is 13.0 Å². The Morgan fingerprint density at radius 2 is 2.07 bits per heavy atom. The predicted molar refractivity (Wildman–Crippen MR) is 47.9 cm³/mol. The first kappa shape index (κ1) is 7.55. The largest absolute Gasteiger partial charge is 0.430 e. The van der Waals surface area contributed by atoms with Gasteiger partial charge in [-0.05, 0) is 10.8 Å². The zero-order valence-electron chi connectivity index (χ0n) is 7.49. The monoisotopic (exact) mass is 189 g/mol. The minimum atomic E-state index is -0.264. The molecule has 0 radical (unpaired) electrons. The van der Waals surface area contributed by atoms with Gasteiger partial charge in [-0.2, -0.15) is 0 Å². The fourth-order valence-corrected chi connectivity index (χ4v) is 1.85. The third kappa shape index (κ3) is 0.937. The predicted octanol–water partition coefficient (Wildman–Crippen LogP) is 0.208. The van der Waals surface area contributed by atoms with Crippen LogP contribution < -0.4 is 10.3 Å². The van der Waals surface area contributed by atoms with E-state index in [1.165, 1.54) is 11.1 Å². The molecule has 3 rings (SSSR count). The standard InChI is InChI=1S/C10H8N2O2/c13-10-9-5-7-3-1-2-4-8(7)6-12(9)11-14-10/h1-4H,5-6H2/p+1. The van der Waals surface area contributed by atoms with Crippen LogP contribution in [-0.2, 0) is 13.0 Å². The van der Waals surface area contributed by atoms with Crippen molar-refractivity contribution in [3.63, 3.8) is 0 Å². The summed E-state index contributed by atoms with van der Waals surface area (Å²) in [6, 6.07) is 8.10. The van der Waals surface area contributed by atoms with Crippen LogP contribution in [0.4, 0.5) is 0 Å². The summed E-state index contributed by atoms with van der Waals surface area (Å²) in [4.78, 5) is 11.3. The normalized spacial score (nSPS) is 13.4. The molecule has 1 N–H and O–H groups in total. The zero-order valence-corrected chi connectivity index (χ0v) is 7.49. The van der Waals surface area contributed by atoms with Gasteiger partial charge in [0.25, 0.3) is 5.69 Å². The SMILES string of the molecule is O=c1o[nH][n+]2c1Cc1ccccc1C2. The number of aromatic amines is 1. The molecule has 0 saturated heterocycles. The van der Waals surface area contributed by atoms with Gasteiger partial charge in [-0.1, -0.05) is 28.9 Å². The number of aromatic nitrogens is 2. The van der Waals surface area contributed by atoms with Gasteiger partial charge in [-0.3, -0.25) is 4.52 Å². The van der Waals surface area contributed by atoms with Crippen LogP contribution in [0, 0.1) is 0 Å². The van der Waals surface area contributed by atoms with Crippen LogP contribution in [0.2, 0.25) is 0 Å². The van der Waals surface area contributed by atoms with Crippen molar-refractivity contribution in [3.8, 4) is 0 Å². The second kappa shape index (κ2) is 2.57. The van der Waals surface area contributed by atoms with E-state index in [1.54, 1.807) is 4.68 Å². The van der Waals surface area contributed by atoms with Crippen LogP contribution >= 0.6 is 0 Å². The molecule has 4 nitrogen and oxygen atoms in total. The molecule has 0 saturated carbocycles. The average molecular weight is 189 g/mol. The van der Waals surface area contributed by atoms with Gasteiger partial charge in [0.05, 0.1) is 6.42 Å². The Bertz CT molecular complexity index is 539. The summed E-state index contributed by atoms with van der Waals surface area (Å²) in [5.41, 5.74) is 2.88. The second-order valence-corrected chi connectivity index (χ2v) is 3.46. The van der Waals surface area contributed by atoms with Crippen LogP contribution in [0.5, 0.6) is 0 Å². The third-order valence-corrected chi connectivity index (χ3v) is 2.61. The van der Waals surface area contributed by atoms with E-state index >= 15 is 0 Å². The Morgan fingerprint density at radius 1 is 1.29 bits per heavy atom. The third-order valence-electron chi connectivity index (χ3n) is 2.61. The maximum absolute atomic E-state index is 11.3. The van der Waals surface area contributed by atoms with Gasteiger partial charge in [0.2, 0.25) is 6.54 Å². The number of H-pyrrole nitrogens is 1. The number of fused-ring (bicyclic) bond motifs is 2. The first-order valence-corrected chi connectivity index (χ1v) is 4.51. The number of nitrogens with zero attached hydrogens (tertiary/aromatic N) is 1. The molecule has 2 heterocycles. The lowest BCUT2D eigenvalue weighted by molar-refractivity contribution is -0.762. The second-order valence-electron chi connectivity index (χ2n) is 3.46. The highest BCUT2D eigenvalue weighted by Gasteiger charge is 2.27. The molecule has 0 unspecified atom stereocenters. The Morgan fingerprint density at radius 3 is 2.93 bits per heavy atom. The van der Waals surface area contributed by atoms with Gasteiger partial charge >= 0.3 is 5.63 Å². The van der Waals surface area contributed by atoms with Crippen molar-refractivity contribution in [3.05, 3.63) is 51.5 Å². The lowest BCUT2D eigenvalue weighted by Gasteiger charge is -2.07. The van der Waals surface area contributed by atoms with Gasteiger partial charge in [0, 0.05) is 5.56 Å². The molecule has 0 spiro atoms. The van der Waals surface area contributed by atoms with Gasteiger partial charge in [-0.15, -0.1) is 0 Å². The van der Waals surface area contributed by atoms with Crippen LogP contribution in [0.3, 0.4) is 0 Å². The van der Waals surface area contributed by atoms with Crippen LogP contribution in [0.25, 0.3) is 0 Å². The molecule has 0 amide bonds. The minimum Gasteiger partial charge on any atom is -0.283 e. The Labute approximate surface area is 79.7 Å². The van der Waals surface area contributed by atoms with Crippen LogP contribution in [-0.4, -0.2) is 5.27 Å². The van der Waals surface area contributed by atoms with E-state index < -0.39 is 0 Å². The summed E-state index contributed by atoms with van der Waals surface area (Å²) < 4.78 is 6.49. The van der Waals surface area contributed by atoms with Crippen LogP contribution in [0.1, 0.15) is 16.8 Å². The quantitative estimate of drug-likeness (QED) is 0.514. The van der Waals surface area contributed by atoms with E-state index in [2.05, 4.69) is 11.3 Å². The topological polar surface area (TPSA) is 49.9 Å². The number of nitrogens with one attached hydrogen (secondary N) is 1. The first-order valence-electron chi connectivity index (χ1n) is 4.51.